The van der Waals surface area contributed by atoms with Crippen molar-refractivity contribution in [1.29, 1.82) is 0 Å². The fourth-order valence-corrected chi connectivity index (χ4v) is 5.29. The van der Waals surface area contributed by atoms with E-state index in [-0.39, 0.29) is 36.9 Å². The van der Waals surface area contributed by atoms with Crippen molar-refractivity contribution in [2.75, 3.05) is 31.1 Å². The molecular formula is C23H36Cl2N4O5S. The molecule has 3 N–H and O–H groups in total. The SMILES string of the molecule is C[C@@H]1COC[C@H](C)N1S(=O)(=O)Nc1cccc(OCC(C)(C)NC[C@H](O)c2cccnc2)c1.Cl.Cl. The first-order valence-corrected chi connectivity index (χ1v) is 12.5. The minimum Gasteiger partial charge on any atom is -0.492 e. The highest BCUT2D eigenvalue weighted by molar-refractivity contribution is 7.90. The molecular weight excluding hydrogens is 515 g/mol. The Labute approximate surface area is 220 Å². The number of β-amino-alcohol motifs (C(OH)–C–C–N with tert-alkyl or cyclic N) is 1. The molecule has 1 fully saturated rings. The van der Waals surface area contributed by atoms with Crippen molar-refractivity contribution in [3.8, 4) is 5.75 Å². The molecule has 12 heteroatoms. The lowest BCUT2D eigenvalue weighted by Crippen LogP contribution is -2.54. The van der Waals surface area contributed by atoms with Gasteiger partial charge in [0.25, 0.3) is 0 Å². The van der Waals surface area contributed by atoms with Gasteiger partial charge in [-0.05, 0) is 45.9 Å². The Morgan fingerprint density at radius 2 is 1.89 bits per heavy atom. The van der Waals surface area contributed by atoms with Gasteiger partial charge in [0.05, 0.1) is 25.0 Å². The summed E-state index contributed by atoms with van der Waals surface area (Å²) < 4.78 is 41.4. The van der Waals surface area contributed by atoms with E-state index in [1.165, 1.54) is 4.31 Å². The van der Waals surface area contributed by atoms with Crippen molar-refractivity contribution in [3.05, 3.63) is 54.4 Å². The molecule has 1 aromatic carbocycles. The van der Waals surface area contributed by atoms with E-state index in [9.17, 15) is 13.5 Å². The number of morpholine rings is 1. The van der Waals surface area contributed by atoms with Crippen molar-refractivity contribution in [3.63, 3.8) is 0 Å². The van der Waals surface area contributed by atoms with Crippen LogP contribution < -0.4 is 14.8 Å². The largest absolute Gasteiger partial charge is 0.492 e. The number of nitrogens with zero attached hydrogens (tertiary/aromatic N) is 2. The molecule has 0 unspecified atom stereocenters. The first-order valence-electron chi connectivity index (χ1n) is 11.0. The molecule has 0 aliphatic carbocycles. The molecule has 1 aliphatic rings. The summed E-state index contributed by atoms with van der Waals surface area (Å²) in [5, 5.41) is 13.6. The number of anilines is 1. The van der Waals surface area contributed by atoms with Crippen molar-refractivity contribution in [1.82, 2.24) is 14.6 Å². The molecule has 1 saturated heterocycles. The summed E-state index contributed by atoms with van der Waals surface area (Å²) in [6.07, 6.45) is 2.62. The Morgan fingerprint density at radius 3 is 2.51 bits per heavy atom. The molecule has 3 rings (SSSR count). The van der Waals surface area contributed by atoms with Gasteiger partial charge >= 0.3 is 10.2 Å². The van der Waals surface area contributed by atoms with E-state index in [0.717, 1.165) is 5.56 Å². The molecule has 2 heterocycles. The number of hydrogen-bond donors (Lipinski definition) is 3. The number of aliphatic hydroxyl groups is 1. The summed E-state index contributed by atoms with van der Waals surface area (Å²) in [6, 6.07) is 9.98. The van der Waals surface area contributed by atoms with Gasteiger partial charge in [0, 0.05) is 48.2 Å². The third-order valence-electron chi connectivity index (χ3n) is 5.39. The molecule has 0 saturated carbocycles. The van der Waals surface area contributed by atoms with E-state index in [1.54, 1.807) is 42.7 Å². The zero-order valence-electron chi connectivity index (χ0n) is 20.4. The van der Waals surface area contributed by atoms with Gasteiger partial charge in [-0.2, -0.15) is 12.7 Å². The van der Waals surface area contributed by atoms with Crippen LogP contribution in [0.3, 0.4) is 0 Å². The number of aromatic nitrogens is 1. The van der Waals surface area contributed by atoms with Crippen LogP contribution in [0.25, 0.3) is 0 Å². The second kappa shape index (κ2) is 13.6. The van der Waals surface area contributed by atoms with E-state index in [4.69, 9.17) is 9.47 Å². The lowest BCUT2D eigenvalue weighted by Gasteiger charge is -2.37. The number of pyridine rings is 1. The second-order valence-electron chi connectivity index (χ2n) is 9.06. The molecule has 3 atom stereocenters. The molecule has 0 amide bonds. The summed E-state index contributed by atoms with van der Waals surface area (Å²) >= 11 is 0. The van der Waals surface area contributed by atoms with Crippen molar-refractivity contribution < 1.29 is 23.0 Å². The van der Waals surface area contributed by atoms with Gasteiger partial charge in [0.1, 0.15) is 12.4 Å². The summed E-state index contributed by atoms with van der Waals surface area (Å²) in [6.45, 7) is 8.99. The molecule has 1 aromatic heterocycles. The van der Waals surface area contributed by atoms with Gasteiger partial charge in [-0.1, -0.05) is 12.1 Å². The van der Waals surface area contributed by atoms with Crippen LogP contribution in [0.15, 0.2) is 48.8 Å². The molecule has 198 valence electrons. The van der Waals surface area contributed by atoms with Crippen LogP contribution in [0.2, 0.25) is 0 Å². The normalized spacial score (nSPS) is 19.7. The third kappa shape index (κ3) is 9.05. The summed E-state index contributed by atoms with van der Waals surface area (Å²) in [7, 11) is -3.74. The zero-order valence-corrected chi connectivity index (χ0v) is 22.8. The Bertz CT molecular complexity index is 1000. The Morgan fingerprint density at radius 1 is 1.20 bits per heavy atom. The molecule has 35 heavy (non-hydrogen) atoms. The number of nitrogens with one attached hydrogen (secondary N) is 2. The Kier molecular flexibility index (Phi) is 12.2. The molecule has 0 bridgehead atoms. The van der Waals surface area contributed by atoms with Crippen LogP contribution in [-0.2, 0) is 14.9 Å². The van der Waals surface area contributed by atoms with Gasteiger partial charge in [-0.25, -0.2) is 0 Å². The maximum absolute atomic E-state index is 13.0. The molecule has 0 radical (unpaired) electrons. The van der Waals surface area contributed by atoms with Gasteiger partial charge in [-0.15, -0.1) is 24.8 Å². The Hall–Kier alpha value is -1.66. The van der Waals surface area contributed by atoms with Crippen LogP contribution in [0.5, 0.6) is 5.75 Å². The maximum atomic E-state index is 13.0. The maximum Gasteiger partial charge on any atom is 0.302 e. The standard InChI is InChI=1S/C23H34N4O5S.2ClH/c1-17-14-31-15-18(2)27(17)33(29,30)26-20-8-5-9-21(11-20)32-16-23(3,4)25-13-22(28)19-7-6-10-24-12-19;;/h5-12,17-18,22,25-26,28H,13-16H2,1-4H3;2*1H/t17-,18+,22-;;/m0../s1. The highest BCUT2D eigenvalue weighted by atomic mass is 35.5. The van der Waals surface area contributed by atoms with Gasteiger partial charge in [0.15, 0.2) is 0 Å². The van der Waals surface area contributed by atoms with Crippen LogP contribution in [0.1, 0.15) is 39.4 Å². The van der Waals surface area contributed by atoms with Crippen LogP contribution in [0, 0.1) is 0 Å². The lowest BCUT2D eigenvalue weighted by atomic mass is 10.1. The number of halogens is 2. The average Bonchev–Trinajstić information content (AvgIpc) is 2.76. The van der Waals surface area contributed by atoms with Crippen LogP contribution in [-0.4, -0.2) is 66.8 Å². The molecule has 2 aromatic rings. The number of aliphatic hydroxyl groups excluding tert-OH is 1. The summed E-state index contributed by atoms with van der Waals surface area (Å²) in [4.78, 5) is 4.03. The summed E-state index contributed by atoms with van der Waals surface area (Å²) in [5.74, 6) is 0.543. The summed E-state index contributed by atoms with van der Waals surface area (Å²) in [5.41, 5.74) is 0.735. The number of hydrogen-bond acceptors (Lipinski definition) is 7. The predicted octanol–water partition coefficient (Wildman–Crippen LogP) is 3.17. The van der Waals surface area contributed by atoms with E-state index in [2.05, 4.69) is 15.0 Å². The Balaban J connectivity index is 0.00000306. The van der Waals surface area contributed by atoms with Crippen LogP contribution in [0.4, 0.5) is 5.69 Å². The third-order valence-corrected chi connectivity index (χ3v) is 7.16. The topological polar surface area (TPSA) is 113 Å². The minimum absolute atomic E-state index is 0. The van der Waals surface area contributed by atoms with Crippen molar-refractivity contribution >= 4 is 40.7 Å². The monoisotopic (exact) mass is 550 g/mol. The number of benzene rings is 1. The quantitative estimate of drug-likeness (QED) is 0.416. The first kappa shape index (κ1) is 31.4. The fourth-order valence-electron chi connectivity index (χ4n) is 3.69. The van der Waals surface area contributed by atoms with E-state index < -0.39 is 21.9 Å². The number of rotatable bonds is 10. The van der Waals surface area contributed by atoms with E-state index >= 15 is 0 Å². The molecule has 1 aliphatic heterocycles. The highest BCUT2D eigenvalue weighted by Crippen LogP contribution is 2.24. The van der Waals surface area contributed by atoms with Gasteiger partial charge in [-0.3, -0.25) is 9.71 Å². The van der Waals surface area contributed by atoms with E-state index in [0.29, 0.717) is 37.8 Å². The second-order valence-corrected chi connectivity index (χ2v) is 10.6. The first-order chi connectivity index (χ1) is 15.6. The average molecular weight is 552 g/mol. The predicted molar refractivity (Wildman–Crippen MR) is 142 cm³/mol. The number of ether oxygens (including phenoxy) is 2. The molecule has 0 spiro atoms. The highest BCUT2D eigenvalue weighted by Gasteiger charge is 2.35. The van der Waals surface area contributed by atoms with Crippen LogP contribution >= 0.6 is 24.8 Å². The van der Waals surface area contributed by atoms with Crippen molar-refractivity contribution in [2.45, 2.75) is 51.4 Å². The zero-order chi connectivity index (χ0) is 24.1. The smallest absolute Gasteiger partial charge is 0.302 e. The molecule has 9 nitrogen and oxygen atoms in total. The minimum atomic E-state index is -3.74. The fraction of sp³-hybridized carbons (Fsp3) is 0.522. The van der Waals surface area contributed by atoms with Gasteiger partial charge < -0.3 is 19.9 Å². The van der Waals surface area contributed by atoms with E-state index in [1.807, 2.05) is 33.8 Å². The van der Waals surface area contributed by atoms with Gasteiger partial charge in [0.2, 0.25) is 0 Å². The van der Waals surface area contributed by atoms with Crippen molar-refractivity contribution in [2.24, 2.45) is 0 Å². The lowest BCUT2D eigenvalue weighted by molar-refractivity contribution is 0.00669.